The van der Waals surface area contributed by atoms with Gasteiger partial charge in [0.1, 0.15) is 0 Å². The minimum Gasteiger partial charge on any atom is -0.337 e. The van der Waals surface area contributed by atoms with Gasteiger partial charge in [0.05, 0.1) is 0 Å². The molecule has 0 aromatic heterocycles. The largest absolute Gasteiger partial charge is 0.337 e. The number of hydrogen-bond donors (Lipinski definition) is 0. The molecule has 1 aliphatic carbocycles. The maximum absolute atomic E-state index is 12.4. The average molecular weight is 310 g/mol. The fourth-order valence-electron chi connectivity index (χ4n) is 2.28. The van der Waals surface area contributed by atoms with Gasteiger partial charge in [-0.3, -0.25) is 4.79 Å². The van der Waals surface area contributed by atoms with Crippen LogP contribution in [-0.4, -0.2) is 22.7 Å². The molecule has 2 rings (SSSR count). The topological polar surface area (TPSA) is 20.3 Å². The van der Waals surface area contributed by atoms with Crippen molar-refractivity contribution in [3.05, 3.63) is 35.9 Å². The van der Waals surface area contributed by atoms with Gasteiger partial charge in [-0.2, -0.15) is 0 Å². The summed E-state index contributed by atoms with van der Waals surface area (Å²) in [6.45, 7) is 5.84. The van der Waals surface area contributed by atoms with Crippen LogP contribution in [0.2, 0.25) is 0 Å². The number of benzene rings is 1. The standard InChI is InChI=1S/C15H20BrNO/c1-15(2)10-13(15)14(18)17(9-8-16)11-12-6-4-3-5-7-12/h3-7,13H,8-11H2,1-2H3. The Labute approximate surface area is 117 Å². The van der Waals surface area contributed by atoms with Crippen molar-refractivity contribution in [2.75, 3.05) is 11.9 Å². The van der Waals surface area contributed by atoms with Gasteiger partial charge in [0, 0.05) is 24.3 Å². The van der Waals surface area contributed by atoms with Crippen molar-refractivity contribution in [1.82, 2.24) is 4.90 Å². The zero-order valence-electron chi connectivity index (χ0n) is 11.0. The molecule has 2 nitrogen and oxygen atoms in total. The van der Waals surface area contributed by atoms with E-state index >= 15 is 0 Å². The molecule has 0 heterocycles. The van der Waals surface area contributed by atoms with Crippen LogP contribution < -0.4 is 0 Å². The number of amides is 1. The molecule has 3 heteroatoms. The normalized spacial score (nSPS) is 20.5. The zero-order chi connectivity index (χ0) is 13.2. The molecule has 0 saturated heterocycles. The maximum atomic E-state index is 12.4. The monoisotopic (exact) mass is 309 g/mol. The number of rotatable bonds is 5. The van der Waals surface area contributed by atoms with Crippen molar-refractivity contribution in [2.24, 2.45) is 11.3 Å². The first-order chi connectivity index (χ1) is 8.54. The van der Waals surface area contributed by atoms with Gasteiger partial charge in [-0.1, -0.05) is 60.1 Å². The molecular formula is C15H20BrNO. The highest BCUT2D eigenvalue weighted by molar-refractivity contribution is 9.09. The summed E-state index contributed by atoms with van der Waals surface area (Å²) >= 11 is 3.44. The highest BCUT2D eigenvalue weighted by Crippen LogP contribution is 2.52. The lowest BCUT2D eigenvalue weighted by molar-refractivity contribution is -0.133. The Morgan fingerprint density at radius 1 is 1.39 bits per heavy atom. The SMILES string of the molecule is CC1(C)CC1C(=O)N(CCBr)Cc1ccccc1. The molecule has 18 heavy (non-hydrogen) atoms. The Balaban J connectivity index is 2.02. The van der Waals surface area contributed by atoms with Crippen LogP contribution in [0.4, 0.5) is 0 Å². The van der Waals surface area contributed by atoms with E-state index < -0.39 is 0 Å². The second-order valence-electron chi connectivity index (χ2n) is 5.68. The Kier molecular flexibility index (Phi) is 4.10. The van der Waals surface area contributed by atoms with E-state index in [0.29, 0.717) is 5.91 Å². The molecule has 0 N–H and O–H groups in total. The van der Waals surface area contributed by atoms with E-state index in [-0.39, 0.29) is 11.3 Å². The van der Waals surface area contributed by atoms with Crippen LogP contribution in [-0.2, 0) is 11.3 Å². The molecule has 1 amide bonds. The minimum atomic E-state index is 0.207. The number of halogens is 1. The Hall–Kier alpha value is -0.830. The van der Waals surface area contributed by atoms with Gasteiger partial charge in [0.15, 0.2) is 0 Å². The Morgan fingerprint density at radius 3 is 2.50 bits per heavy atom. The Morgan fingerprint density at radius 2 is 2.00 bits per heavy atom. The average Bonchev–Trinajstić information content (AvgIpc) is 2.98. The van der Waals surface area contributed by atoms with Crippen molar-refractivity contribution < 1.29 is 4.79 Å². The van der Waals surface area contributed by atoms with Crippen LogP contribution in [0, 0.1) is 11.3 Å². The number of hydrogen-bond acceptors (Lipinski definition) is 1. The second-order valence-corrected chi connectivity index (χ2v) is 6.47. The van der Waals surface area contributed by atoms with Gasteiger partial charge in [0.2, 0.25) is 5.91 Å². The molecule has 1 saturated carbocycles. The molecular weight excluding hydrogens is 290 g/mol. The minimum absolute atomic E-state index is 0.207. The van der Waals surface area contributed by atoms with Crippen LogP contribution >= 0.6 is 15.9 Å². The van der Waals surface area contributed by atoms with Crippen LogP contribution in [0.3, 0.4) is 0 Å². The lowest BCUT2D eigenvalue weighted by atomic mass is 10.1. The van der Waals surface area contributed by atoms with E-state index in [4.69, 9.17) is 0 Å². The third-order valence-corrected chi connectivity index (χ3v) is 4.05. The van der Waals surface area contributed by atoms with Gasteiger partial charge in [-0.15, -0.1) is 0 Å². The van der Waals surface area contributed by atoms with Gasteiger partial charge in [0.25, 0.3) is 0 Å². The van der Waals surface area contributed by atoms with Gasteiger partial charge in [-0.25, -0.2) is 0 Å². The van der Waals surface area contributed by atoms with Gasteiger partial charge in [-0.05, 0) is 17.4 Å². The first kappa shape index (κ1) is 13.6. The fraction of sp³-hybridized carbons (Fsp3) is 0.533. The number of nitrogens with zero attached hydrogens (tertiary/aromatic N) is 1. The van der Waals surface area contributed by atoms with Crippen molar-refractivity contribution >= 4 is 21.8 Å². The van der Waals surface area contributed by atoms with Crippen LogP contribution in [0.15, 0.2) is 30.3 Å². The van der Waals surface area contributed by atoms with Crippen molar-refractivity contribution in [3.63, 3.8) is 0 Å². The quantitative estimate of drug-likeness (QED) is 0.763. The summed E-state index contributed by atoms with van der Waals surface area (Å²) in [5, 5.41) is 0.832. The van der Waals surface area contributed by atoms with E-state index in [1.54, 1.807) is 0 Å². The van der Waals surface area contributed by atoms with E-state index in [1.165, 1.54) is 5.56 Å². The second kappa shape index (κ2) is 5.43. The molecule has 1 atom stereocenters. The van der Waals surface area contributed by atoms with E-state index in [2.05, 4.69) is 41.9 Å². The molecule has 1 aromatic rings. The summed E-state index contributed by atoms with van der Waals surface area (Å²) in [7, 11) is 0. The predicted octanol–water partition coefficient (Wildman–Crippen LogP) is 3.46. The number of alkyl halides is 1. The fourth-order valence-corrected chi connectivity index (χ4v) is 2.71. The zero-order valence-corrected chi connectivity index (χ0v) is 12.6. The summed E-state index contributed by atoms with van der Waals surface area (Å²) in [6.07, 6.45) is 1.03. The first-order valence-corrected chi connectivity index (χ1v) is 7.55. The molecule has 1 aliphatic rings. The number of carbonyl (C=O) groups is 1. The smallest absolute Gasteiger partial charge is 0.226 e. The summed E-state index contributed by atoms with van der Waals surface area (Å²) < 4.78 is 0. The lowest BCUT2D eigenvalue weighted by Crippen LogP contribution is -2.34. The molecule has 1 unspecified atom stereocenters. The lowest BCUT2D eigenvalue weighted by Gasteiger charge is -2.22. The van der Waals surface area contributed by atoms with E-state index in [1.807, 2.05) is 23.1 Å². The van der Waals surface area contributed by atoms with E-state index in [9.17, 15) is 4.79 Å². The summed E-state index contributed by atoms with van der Waals surface area (Å²) in [5.74, 6) is 0.531. The summed E-state index contributed by atoms with van der Waals surface area (Å²) in [6, 6.07) is 10.2. The first-order valence-electron chi connectivity index (χ1n) is 6.43. The molecule has 0 spiro atoms. The predicted molar refractivity (Wildman–Crippen MR) is 77.5 cm³/mol. The summed E-state index contributed by atoms with van der Waals surface area (Å²) in [4.78, 5) is 14.4. The van der Waals surface area contributed by atoms with Crippen LogP contribution in [0.1, 0.15) is 25.8 Å². The van der Waals surface area contributed by atoms with Gasteiger partial charge >= 0.3 is 0 Å². The highest BCUT2D eigenvalue weighted by atomic mass is 79.9. The van der Waals surface area contributed by atoms with E-state index in [0.717, 1.165) is 24.8 Å². The molecule has 1 aromatic carbocycles. The summed E-state index contributed by atoms with van der Waals surface area (Å²) in [5.41, 5.74) is 1.41. The molecule has 98 valence electrons. The molecule has 0 aliphatic heterocycles. The van der Waals surface area contributed by atoms with Crippen LogP contribution in [0.25, 0.3) is 0 Å². The van der Waals surface area contributed by atoms with Crippen molar-refractivity contribution in [3.8, 4) is 0 Å². The number of carbonyl (C=O) groups excluding carboxylic acids is 1. The molecule has 1 fully saturated rings. The third kappa shape index (κ3) is 3.14. The molecule has 0 radical (unpaired) electrons. The third-order valence-electron chi connectivity index (χ3n) is 3.69. The van der Waals surface area contributed by atoms with Crippen molar-refractivity contribution in [2.45, 2.75) is 26.8 Å². The Bertz CT molecular complexity index is 416. The van der Waals surface area contributed by atoms with Crippen LogP contribution in [0.5, 0.6) is 0 Å². The highest BCUT2D eigenvalue weighted by Gasteiger charge is 2.51. The van der Waals surface area contributed by atoms with Crippen molar-refractivity contribution in [1.29, 1.82) is 0 Å². The molecule has 0 bridgehead atoms. The van der Waals surface area contributed by atoms with Gasteiger partial charge < -0.3 is 4.90 Å². The maximum Gasteiger partial charge on any atom is 0.226 e.